The Bertz CT molecular complexity index is 277. The molecule has 2 fully saturated rings. The predicted octanol–water partition coefficient (Wildman–Crippen LogP) is 1.61. The van der Waals surface area contributed by atoms with Gasteiger partial charge in [0.25, 0.3) is 5.91 Å². The molecule has 2 aliphatic rings. The maximum atomic E-state index is 11.6. The average Bonchev–Trinajstić information content (AvgIpc) is 2.46. The summed E-state index contributed by atoms with van der Waals surface area (Å²) in [6.45, 7) is 5.14. The van der Waals surface area contributed by atoms with E-state index < -0.39 is 0 Å². The molecule has 1 aliphatic carbocycles. The molecule has 3 heteroatoms. The van der Waals surface area contributed by atoms with E-state index in [0.29, 0.717) is 30.8 Å². The highest BCUT2D eigenvalue weighted by Crippen LogP contribution is 2.32. The van der Waals surface area contributed by atoms with Crippen molar-refractivity contribution in [3.63, 3.8) is 0 Å². The third-order valence-electron chi connectivity index (χ3n) is 3.67. The van der Waals surface area contributed by atoms with Crippen LogP contribution in [0.5, 0.6) is 0 Å². The first-order chi connectivity index (χ1) is 7.08. The first kappa shape index (κ1) is 10.7. The Kier molecular flexibility index (Phi) is 2.81. The molecular formula is C12H19NO2. The zero-order chi connectivity index (χ0) is 11.0. The van der Waals surface area contributed by atoms with E-state index in [2.05, 4.69) is 13.8 Å². The minimum Gasteiger partial charge on any atom is -0.333 e. The maximum absolute atomic E-state index is 11.6. The molecule has 2 rings (SSSR count). The fourth-order valence-electron chi connectivity index (χ4n) is 3.10. The average molecular weight is 209 g/mol. The molecule has 0 aromatic carbocycles. The number of rotatable bonds is 1. The SMILES string of the molecule is CC1CC(C)CC(N2CCC(=O)C2=O)C1. The summed E-state index contributed by atoms with van der Waals surface area (Å²) in [5.74, 6) is 0.937. The number of likely N-dealkylation sites (tertiary alicyclic amines) is 1. The van der Waals surface area contributed by atoms with Crippen LogP contribution in [0.3, 0.4) is 0 Å². The largest absolute Gasteiger partial charge is 0.333 e. The van der Waals surface area contributed by atoms with Crippen LogP contribution < -0.4 is 0 Å². The first-order valence-corrected chi connectivity index (χ1v) is 5.91. The molecule has 3 nitrogen and oxygen atoms in total. The van der Waals surface area contributed by atoms with Crippen LogP contribution in [0.15, 0.2) is 0 Å². The lowest BCUT2D eigenvalue weighted by Crippen LogP contribution is -2.42. The Morgan fingerprint density at radius 2 is 1.67 bits per heavy atom. The van der Waals surface area contributed by atoms with E-state index in [9.17, 15) is 9.59 Å². The minimum absolute atomic E-state index is 0.194. The number of hydrogen-bond donors (Lipinski definition) is 0. The summed E-state index contributed by atoms with van der Waals surface area (Å²) in [4.78, 5) is 24.6. The topological polar surface area (TPSA) is 37.4 Å². The van der Waals surface area contributed by atoms with Gasteiger partial charge in [0, 0.05) is 19.0 Å². The lowest BCUT2D eigenvalue weighted by molar-refractivity contribution is -0.141. The Morgan fingerprint density at radius 3 is 2.13 bits per heavy atom. The highest BCUT2D eigenvalue weighted by molar-refractivity contribution is 6.37. The van der Waals surface area contributed by atoms with E-state index in [1.165, 1.54) is 6.42 Å². The van der Waals surface area contributed by atoms with Gasteiger partial charge >= 0.3 is 0 Å². The second-order valence-electron chi connectivity index (χ2n) is 5.24. The number of hydrogen-bond acceptors (Lipinski definition) is 2. The number of carbonyl (C=O) groups excluding carboxylic acids is 2. The molecule has 0 aromatic rings. The van der Waals surface area contributed by atoms with Gasteiger partial charge in [-0.15, -0.1) is 0 Å². The van der Waals surface area contributed by atoms with Crippen LogP contribution in [0.1, 0.15) is 39.5 Å². The lowest BCUT2D eigenvalue weighted by atomic mass is 9.80. The van der Waals surface area contributed by atoms with Crippen LogP contribution in [0.4, 0.5) is 0 Å². The van der Waals surface area contributed by atoms with Crippen molar-refractivity contribution in [2.75, 3.05) is 6.54 Å². The molecule has 0 N–H and O–H groups in total. The summed E-state index contributed by atoms with van der Waals surface area (Å²) >= 11 is 0. The summed E-state index contributed by atoms with van der Waals surface area (Å²) in [5.41, 5.74) is 0. The molecule has 1 saturated carbocycles. The van der Waals surface area contributed by atoms with Gasteiger partial charge in [-0.25, -0.2) is 0 Å². The number of ketones is 1. The molecule has 1 aliphatic heterocycles. The molecule has 2 unspecified atom stereocenters. The molecule has 1 saturated heterocycles. The van der Waals surface area contributed by atoms with Crippen LogP contribution in [-0.2, 0) is 9.59 Å². The van der Waals surface area contributed by atoms with Gasteiger partial charge in [-0.3, -0.25) is 9.59 Å². The van der Waals surface area contributed by atoms with E-state index in [1.54, 1.807) is 0 Å². The standard InChI is InChI=1S/C12H19NO2/c1-8-5-9(2)7-10(6-8)13-4-3-11(14)12(13)15/h8-10H,3-7H2,1-2H3. The fraction of sp³-hybridized carbons (Fsp3) is 0.833. The van der Waals surface area contributed by atoms with Crippen molar-refractivity contribution in [2.24, 2.45) is 11.8 Å². The van der Waals surface area contributed by atoms with Gasteiger partial charge in [0.1, 0.15) is 0 Å². The van der Waals surface area contributed by atoms with Gasteiger partial charge in [-0.2, -0.15) is 0 Å². The van der Waals surface area contributed by atoms with Crippen molar-refractivity contribution in [3.8, 4) is 0 Å². The smallest absolute Gasteiger partial charge is 0.290 e. The zero-order valence-corrected chi connectivity index (χ0v) is 9.53. The molecule has 15 heavy (non-hydrogen) atoms. The highest BCUT2D eigenvalue weighted by Gasteiger charge is 2.37. The van der Waals surface area contributed by atoms with E-state index in [1.807, 2.05) is 4.90 Å². The van der Waals surface area contributed by atoms with Crippen molar-refractivity contribution >= 4 is 11.7 Å². The van der Waals surface area contributed by atoms with E-state index in [4.69, 9.17) is 0 Å². The highest BCUT2D eigenvalue weighted by atomic mass is 16.2. The van der Waals surface area contributed by atoms with Crippen molar-refractivity contribution in [2.45, 2.75) is 45.6 Å². The fourth-order valence-corrected chi connectivity index (χ4v) is 3.10. The Hall–Kier alpha value is -0.860. The summed E-state index contributed by atoms with van der Waals surface area (Å²) < 4.78 is 0. The summed E-state index contributed by atoms with van der Waals surface area (Å²) in [6, 6.07) is 0.322. The quantitative estimate of drug-likeness (QED) is 0.615. The molecule has 0 bridgehead atoms. The van der Waals surface area contributed by atoms with Crippen LogP contribution in [0.25, 0.3) is 0 Å². The molecular weight excluding hydrogens is 190 g/mol. The third kappa shape index (κ3) is 2.06. The van der Waals surface area contributed by atoms with Gasteiger partial charge in [0.15, 0.2) is 0 Å². The van der Waals surface area contributed by atoms with Gasteiger partial charge in [0.05, 0.1) is 0 Å². The van der Waals surface area contributed by atoms with Gasteiger partial charge in [0.2, 0.25) is 5.78 Å². The van der Waals surface area contributed by atoms with Crippen molar-refractivity contribution in [3.05, 3.63) is 0 Å². The molecule has 1 heterocycles. The Labute approximate surface area is 90.8 Å². The number of Topliss-reactive ketones (excluding diaryl/α,β-unsaturated/α-hetero) is 1. The molecule has 2 atom stereocenters. The predicted molar refractivity (Wildman–Crippen MR) is 57.3 cm³/mol. The molecule has 1 amide bonds. The van der Waals surface area contributed by atoms with Crippen molar-refractivity contribution in [1.29, 1.82) is 0 Å². The minimum atomic E-state index is -0.235. The van der Waals surface area contributed by atoms with E-state index >= 15 is 0 Å². The van der Waals surface area contributed by atoms with Gasteiger partial charge in [-0.1, -0.05) is 13.8 Å². The van der Waals surface area contributed by atoms with Gasteiger partial charge in [-0.05, 0) is 31.1 Å². The Balaban J connectivity index is 2.04. The second kappa shape index (κ2) is 3.95. The summed E-state index contributed by atoms with van der Waals surface area (Å²) in [5, 5.41) is 0. The van der Waals surface area contributed by atoms with E-state index in [0.717, 1.165) is 12.8 Å². The lowest BCUT2D eigenvalue weighted by Gasteiger charge is -2.36. The summed E-state index contributed by atoms with van der Waals surface area (Å²) in [7, 11) is 0. The first-order valence-electron chi connectivity index (χ1n) is 5.91. The molecule has 0 aromatic heterocycles. The Morgan fingerprint density at radius 1 is 1.07 bits per heavy atom. The third-order valence-corrected chi connectivity index (χ3v) is 3.67. The van der Waals surface area contributed by atoms with Crippen LogP contribution in [0.2, 0.25) is 0 Å². The summed E-state index contributed by atoms with van der Waals surface area (Å²) in [6.07, 6.45) is 3.83. The van der Waals surface area contributed by atoms with E-state index in [-0.39, 0.29) is 11.7 Å². The van der Waals surface area contributed by atoms with Crippen LogP contribution >= 0.6 is 0 Å². The van der Waals surface area contributed by atoms with Crippen molar-refractivity contribution in [1.82, 2.24) is 4.90 Å². The maximum Gasteiger partial charge on any atom is 0.290 e. The van der Waals surface area contributed by atoms with Crippen LogP contribution in [-0.4, -0.2) is 29.2 Å². The zero-order valence-electron chi connectivity index (χ0n) is 9.53. The number of nitrogens with zero attached hydrogens (tertiary/aromatic N) is 1. The number of amides is 1. The normalized spacial score (nSPS) is 37.5. The van der Waals surface area contributed by atoms with Crippen molar-refractivity contribution < 1.29 is 9.59 Å². The monoisotopic (exact) mass is 209 g/mol. The molecule has 0 radical (unpaired) electrons. The molecule has 0 spiro atoms. The van der Waals surface area contributed by atoms with Gasteiger partial charge < -0.3 is 4.90 Å². The van der Waals surface area contributed by atoms with Crippen LogP contribution in [0, 0.1) is 11.8 Å². The number of carbonyl (C=O) groups is 2. The second-order valence-corrected chi connectivity index (χ2v) is 5.24. The molecule has 84 valence electrons.